The molecular weight excluding hydrogens is 829 g/mol. The van der Waals surface area contributed by atoms with Gasteiger partial charge in [0, 0.05) is 24.7 Å². The highest BCUT2D eigenvalue weighted by Gasteiger charge is 2.55. The zero-order chi connectivity index (χ0) is 48.3. The number of hydrogen-bond acceptors (Lipinski definition) is 4. The summed E-state index contributed by atoms with van der Waals surface area (Å²) in [6.45, 7) is 18.5. The first-order chi connectivity index (χ1) is 32.5. The zero-order valence-corrected chi connectivity index (χ0v) is 41.3. The van der Waals surface area contributed by atoms with E-state index in [1.54, 1.807) is 0 Å². The highest BCUT2D eigenvalue weighted by molar-refractivity contribution is 5.88. The van der Waals surface area contributed by atoms with Gasteiger partial charge in [-0.1, -0.05) is 235 Å². The van der Waals surface area contributed by atoms with Crippen LogP contribution < -0.4 is 9.96 Å². The van der Waals surface area contributed by atoms with Crippen molar-refractivity contribution >= 4 is 17.7 Å². The summed E-state index contributed by atoms with van der Waals surface area (Å²) in [6.07, 6.45) is 1.18. The first-order valence-corrected chi connectivity index (χ1v) is 23.9. The summed E-state index contributed by atoms with van der Waals surface area (Å²) in [5.41, 5.74) is 12.4. The van der Waals surface area contributed by atoms with E-state index in [9.17, 15) is 5.21 Å². The van der Waals surface area contributed by atoms with E-state index in [2.05, 4.69) is 213 Å². The number of carbonyl (C=O) groups excluding carboxylic acids is 1. The number of hydroxylamine groups is 1. The number of anilines is 2. The molecule has 2 unspecified atom stereocenters. The lowest BCUT2D eigenvalue weighted by atomic mass is 9.52. The molecule has 0 fully saturated rings. The van der Waals surface area contributed by atoms with E-state index in [-0.39, 0.29) is 17.4 Å². The molecule has 344 valence electrons. The van der Waals surface area contributed by atoms with Crippen molar-refractivity contribution in [2.75, 3.05) is 17.0 Å². The van der Waals surface area contributed by atoms with Crippen molar-refractivity contribution in [2.24, 2.45) is 0 Å². The topological polar surface area (TPSA) is 43.8 Å². The Bertz CT molecular complexity index is 2950. The van der Waals surface area contributed by atoms with Crippen molar-refractivity contribution in [1.29, 1.82) is 0 Å². The Morgan fingerprint density at radius 3 is 1.32 bits per heavy atom. The average Bonchev–Trinajstić information content (AvgIpc) is 3.35. The Kier molecular flexibility index (Phi) is 13.5. The average molecular weight is 895 g/mol. The van der Waals surface area contributed by atoms with Crippen LogP contribution in [0.1, 0.15) is 98.5 Å². The molecule has 2 atom stereocenters. The molecule has 4 nitrogen and oxygen atoms in total. The van der Waals surface area contributed by atoms with Crippen molar-refractivity contribution < 1.29 is 10.0 Å². The Hall–Kier alpha value is -7.01. The van der Waals surface area contributed by atoms with Crippen LogP contribution in [0.4, 0.5) is 11.4 Å². The van der Waals surface area contributed by atoms with Crippen LogP contribution in [-0.4, -0.2) is 18.5 Å². The lowest BCUT2D eigenvalue weighted by Crippen LogP contribution is -2.51. The molecule has 0 radical (unpaired) electrons. The molecule has 1 N–H and O–H groups in total. The molecule has 8 aromatic carbocycles. The predicted molar refractivity (Wildman–Crippen MR) is 285 cm³/mol. The monoisotopic (exact) mass is 895 g/mol. The van der Waals surface area contributed by atoms with E-state index in [0.29, 0.717) is 12.2 Å². The largest absolute Gasteiger partial charge is 0.370 e. The second-order valence-corrected chi connectivity index (χ2v) is 20.8. The van der Waals surface area contributed by atoms with E-state index < -0.39 is 10.8 Å². The fraction of sp³-hybridized carbons (Fsp3) is 0.234. The molecule has 0 aromatic heterocycles. The van der Waals surface area contributed by atoms with Gasteiger partial charge in [0.15, 0.2) is 0 Å². The molecule has 0 spiro atoms. The van der Waals surface area contributed by atoms with E-state index in [4.69, 9.17) is 0 Å². The van der Waals surface area contributed by atoms with Gasteiger partial charge in [0.2, 0.25) is 0 Å². The van der Waals surface area contributed by atoms with Crippen LogP contribution >= 0.6 is 0 Å². The molecule has 0 saturated heterocycles. The van der Waals surface area contributed by atoms with Crippen LogP contribution in [0.3, 0.4) is 0 Å². The molecule has 0 saturated carbocycles. The molecule has 68 heavy (non-hydrogen) atoms. The Balaban J connectivity index is 1.44. The summed E-state index contributed by atoms with van der Waals surface area (Å²) in [4.78, 5) is 17.7. The maximum absolute atomic E-state index is 15.4. The smallest absolute Gasteiger partial charge is 0.136 e. The van der Waals surface area contributed by atoms with Gasteiger partial charge in [-0.2, -0.15) is 0 Å². The second-order valence-electron chi connectivity index (χ2n) is 20.8. The summed E-state index contributed by atoms with van der Waals surface area (Å²) in [5.74, 6) is 0. The molecule has 0 amide bonds. The first kappa shape index (κ1) is 47.5. The number of carbonyl (C=O) groups is 1. The van der Waals surface area contributed by atoms with Crippen LogP contribution in [0.25, 0.3) is 22.3 Å². The van der Waals surface area contributed by atoms with Gasteiger partial charge in [-0.3, -0.25) is 10.3 Å². The van der Waals surface area contributed by atoms with E-state index >= 15 is 4.79 Å². The van der Waals surface area contributed by atoms with Gasteiger partial charge in [0.05, 0.1) is 17.6 Å². The van der Waals surface area contributed by atoms with Crippen LogP contribution in [0.15, 0.2) is 200 Å². The minimum atomic E-state index is -1.36. The molecule has 0 aliphatic rings. The number of hydrogen-bond donors (Lipinski definition) is 1. The lowest BCUT2D eigenvalue weighted by Gasteiger charge is -2.49. The molecule has 4 heteroatoms. The Morgan fingerprint density at radius 2 is 0.853 bits per heavy atom. The van der Waals surface area contributed by atoms with Crippen molar-refractivity contribution in [3.63, 3.8) is 0 Å². The first-order valence-electron chi connectivity index (χ1n) is 23.9. The van der Waals surface area contributed by atoms with Crippen LogP contribution in [-0.2, 0) is 39.5 Å². The maximum atomic E-state index is 15.4. The summed E-state index contributed by atoms with van der Waals surface area (Å²) in [7, 11) is 2.13. The van der Waals surface area contributed by atoms with E-state index in [1.165, 1.54) is 22.5 Å². The lowest BCUT2D eigenvalue weighted by molar-refractivity contribution is -0.112. The number of rotatable bonds is 14. The standard InChI is InChI=1S/C64H66N2O2/c1-46-25-33-55(34-26-46)63(8,57-39-31-52(50-29-37-54(38-30-50)62(5,6)7)42-60(57)66(68)44-48-21-15-11-16-22-48)64(45-67,56-23-17-12-18-24-56)58-40-32-51(49-27-35-53(36-28-49)61(2,3)4)41-59(58)65(9)43-47-19-13-10-14-20-47/h10-42,45,68H,43-44H2,1-9H3. The molecule has 0 aliphatic heterocycles. The van der Waals surface area contributed by atoms with Gasteiger partial charge in [0.1, 0.15) is 6.29 Å². The Labute approximate surface area is 405 Å². The number of aldehydes is 1. The van der Waals surface area contributed by atoms with Crippen molar-refractivity contribution in [2.45, 2.75) is 90.1 Å². The fourth-order valence-electron chi connectivity index (χ4n) is 9.96. The third kappa shape index (κ3) is 9.44. The molecule has 0 aliphatic carbocycles. The normalized spacial score (nSPS) is 13.6. The van der Waals surface area contributed by atoms with Crippen LogP contribution in [0.2, 0.25) is 0 Å². The predicted octanol–water partition coefficient (Wildman–Crippen LogP) is 15.4. The number of aryl methyl sites for hydroxylation is 1. The third-order valence-corrected chi connectivity index (χ3v) is 14.1. The minimum absolute atomic E-state index is 0.000314. The van der Waals surface area contributed by atoms with Crippen molar-refractivity contribution in [3.8, 4) is 22.3 Å². The number of nitrogens with zero attached hydrogens (tertiary/aromatic N) is 2. The second kappa shape index (κ2) is 19.3. The Morgan fingerprint density at radius 1 is 0.441 bits per heavy atom. The summed E-state index contributed by atoms with van der Waals surface area (Å²) in [5, 5.41) is 14.1. The molecule has 8 aromatic rings. The van der Waals surface area contributed by atoms with Gasteiger partial charge in [0.25, 0.3) is 0 Å². The van der Waals surface area contributed by atoms with Gasteiger partial charge in [-0.05, 0) is 104 Å². The number of benzene rings is 8. The van der Waals surface area contributed by atoms with Crippen molar-refractivity contribution in [1.82, 2.24) is 0 Å². The van der Waals surface area contributed by atoms with E-state index in [1.807, 2.05) is 54.6 Å². The minimum Gasteiger partial charge on any atom is -0.370 e. The highest BCUT2D eigenvalue weighted by Crippen LogP contribution is 2.56. The van der Waals surface area contributed by atoms with Crippen molar-refractivity contribution in [3.05, 3.63) is 250 Å². The molecule has 0 bridgehead atoms. The molecule has 8 rings (SSSR count). The van der Waals surface area contributed by atoms with E-state index in [0.717, 1.165) is 66.9 Å². The highest BCUT2D eigenvalue weighted by atomic mass is 16.5. The quantitative estimate of drug-likeness (QED) is 0.0872. The van der Waals surface area contributed by atoms with Gasteiger partial charge < -0.3 is 9.69 Å². The van der Waals surface area contributed by atoms with Crippen LogP contribution in [0.5, 0.6) is 0 Å². The summed E-state index contributed by atoms with van der Waals surface area (Å²) < 4.78 is 0. The molecule has 0 heterocycles. The fourth-order valence-corrected chi connectivity index (χ4v) is 9.96. The van der Waals surface area contributed by atoms with Gasteiger partial charge >= 0.3 is 0 Å². The maximum Gasteiger partial charge on any atom is 0.136 e. The summed E-state index contributed by atoms with van der Waals surface area (Å²) >= 11 is 0. The third-order valence-electron chi connectivity index (χ3n) is 14.1. The zero-order valence-electron chi connectivity index (χ0n) is 41.3. The SMILES string of the molecule is Cc1ccc(C(C)(c2ccc(-c3ccc(C(C)(C)C)cc3)cc2N(O)Cc2ccccc2)C(C=O)(c2ccccc2)c2ccc(-c3ccc(C(C)(C)C)cc3)cc2N(C)Cc2ccccc2)cc1. The summed E-state index contributed by atoms with van der Waals surface area (Å²) in [6, 6.07) is 70.0. The van der Waals surface area contributed by atoms with Gasteiger partial charge in [-0.25, -0.2) is 0 Å². The van der Waals surface area contributed by atoms with Gasteiger partial charge in [-0.15, -0.1) is 0 Å². The van der Waals surface area contributed by atoms with Crippen LogP contribution in [0, 0.1) is 6.92 Å². The molecular formula is C64H66N2O2.